The highest BCUT2D eigenvalue weighted by atomic mass is 15.4. The van der Waals surface area contributed by atoms with Gasteiger partial charge < -0.3 is 9.80 Å². The predicted octanol–water partition coefficient (Wildman–Crippen LogP) is -0.538. The van der Waals surface area contributed by atoms with Crippen LogP contribution in [0.1, 0.15) is 12.8 Å². The average molecular weight is 199 g/mol. The Balaban J connectivity index is 2.34. The van der Waals surface area contributed by atoms with Gasteiger partial charge in [0.25, 0.3) is 0 Å². The second-order valence-electron chi connectivity index (χ2n) is 4.05. The van der Waals surface area contributed by atoms with Crippen LogP contribution in [0, 0.1) is 0 Å². The van der Waals surface area contributed by atoms with Crippen molar-refractivity contribution in [2.75, 3.05) is 34.2 Å². The van der Waals surface area contributed by atoms with E-state index in [2.05, 4.69) is 34.3 Å². The molecule has 0 unspecified atom stereocenters. The number of nitrogens with two attached hydrogens (primary N) is 1. The molecule has 5 nitrogen and oxygen atoms in total. The van der Waals surface area contributed by atoms with Crippen molar-refractivity contribution in [2.24, 2.45) is 10.8 Å². The summed E-state index contributed by atoms with van der Waals surface area (Å²) < 4.78 is 0. The molecule has 0 bridgehead atoms. The molecule has 0 amide bonds. The molecule has 14 heavy (non-hydrogen) atoms. The first kappa shape index (κ1) is 11.3. The van der Waals surface area contributed by atoms with Crippen LogP contribution in [0.25, 0.3) is 0 Å². The summed E-state index contributed by atoms with van der Waals surface area (Å²) in [5.41, 5.74) is 2.65. The van der Waals surface area contributed by atoms with Gasteiger partial charge in [0, 0.05) is 20.1 Å². The average Bonchev–Trinajstić information content (AvgIpc) is 2.93. The van der Waals surface area contributed by atoms with Crippen molar-refractivity contribution < 1.29 is 0 Å². The molecule has 3 N–H and O–H groups in total. The van der Waals surface area contributed by atoms with Crippen molar-refractivity contribution in [3.8, 4) is 0 Å². The maximum atomic E-state index is 5.42. The fraction of sp³-hybridized carbons (Fsp3) is 0.889. The number of nitrogens with zero attached hydrogens (tertiary/aromatic N) is 3. The van der Waals surface area contributed by atoms with Crippen molar-refractivity contribution in [1.82, 2.24) is 15.2 Å². The molecule has 0 radical (unpaired) electrons. The standard InChI is InChI=1S/C9H21N5/c1-13(2)6-7-14(3)9(12-10)11-8-4-5-8/h8H,4-7,10H2,1-3H3,(H,11,12). The number of likely N-dealkylation sites (N-methyl/N-ethyl adjacent to an activating group) is 2. The molecule has 0 spiro atoms. The highest BCUT2D eigenvalue weighted by molar-refractivity contribution is 5.79. The minimum Gasteiger partial charge on any atom is -0.344 e. The SMILES string of the molecule is CN(C)CCN(C)C(=NC1CC1)NN. The molecule has 0 atom stereocenters. The first-order valence-electron chi connectivity index (χ1n) is 5.03. The van der Waals surface area contributed by atoms with Crippen LogP contribution in [0.15, 0.2) is 4.99 Å². The Bertz CT molecular complexity index is 197. The van der Waals surface area contributed by atoms with E-state index in [1.807, 2.05) is 7.05 Å². The van der Waals surface area contributed by atoms with Gasteiger partial charge in [0.05, 0.1) is 6.04 Å². The Hall–Kier alpha value is -0.810. The van der Waals surface area contributed by atoms with Gasteiger partial charge in [0.1, 0.15) is 0 Å². The van der Waals surface area contributed by atoms with Gasteiger partial charge in [-0.2, -0.15) is 0 Å². The van der Waals surface area contributed by atoms with Crippen molar-refractivity contribution >= 4 is 5.96 Å². The Morgan fingerprint density at radius 2 is 2.00 bits per heavy atom. The largest absolute Gasteiger partial charge is 0.344 e. The van der Waals surface area contributed by atoms with Crippen molar-refractivity contribution in [3.05, 3.63) is 0 Å². The second kappa shape index (κ2) is 5.17. The summed E-state index contributed by atoms with van der Waals surface area (Å²) in [7, 11) is 6.12. The molecule has 1 aliphatic carbocycles. The van der Waals surface area contributed by atoms with Gasteiger partial charge >= 0.3 is 0 Å². The molecule has 1 saturated carbocycles. The number of hydrazine groups is 1. The van der Waals surface area contributed by atoms with E-state index < -0.39 is 0 Å². The van der Waals surface area contributed by atoms with Gasteiger partial charge in [-0.05, 0) is 26.9 Å². The van der Waals surface area contributed by atoms with Crippen LogP contribution in [-0.4, -0.2) is 56.0 Å². The van der Waals surface area contributed by atoms with E-state index in [4.69, 9.17) is 5.84 Å². The summed E-state index contributed by atoms with van der Waals surface area (Å²) in [5, 5.41) is 0. The topological polar surface area (TPSA) is 56.9 Å². The van der Waals surface area contributed by atoms with E-state index in [0.29, 0.717) is 6.04 Å². The van der Waals surface area contributed by atoms with Crippen LogP contribution in [0.3, 0.4) is 0 Å². The number of hydrogen-bond donors (Lipinski definition) is 2. The zero-order valence-corrected chi connectivity index (χ0v) is 9.32. The maximum absolute atomic E-state index is 5.42. The summed E-state index contributed by atoms with van der Waals surface area (Å²) in [4.78, 5) is 8.67. The highest BCUT2D eigenvalue weighted by Crippen LogP contribution is 2.23. The van der Waals surface area contributed by atoms with Gasteiger partial charge in [-0.3, -0.25) is 5.43 Å². The van der Waals surface area contributed by atoms with Crippen LogP contribution in [0.2, 0.25) is 0 Å². The van der Waals surface area contributed by atoms with Crippen molar-refractivity contribution in [2.45, 2.75) is 18.9 Å². The van der Waals surface area contributed by atoms with E-state index in [1.165, 1.54) is 12.8 Å². The van der Waals surface area contributed by atoms with Crippen LogP contribution in [0.4, 0.5) is 0 Å². The number of rotatable bonds is 4. The molecule has 1 rings (SSSR count). The number of hydrogen-bond acceptors (Lipinski definition) is 3. The minimum absolute atomic E-state index is 0.503. The molecule has 0 aromatic heterocycles. The first-order chi connectivity index (χ1) is 6.63. The molecule has 0 aromatic rings. The molecule has 82 valence electrons. The molecule has 0 saturated heterocycles. The Morgan fingerprint density at radius 3 is 2.43 bits per heavy atom. The molecule has 0 heterocycles. The first-order valence-corrected chi connectivity index (χ1v) is 5.03. The number of guanidine groups is 1. The lowest BCUT2D eigenvalue weighted by molar-refractivity contribution is 0.351. The molecule has 1 aliphatic rings. The summed E-state index contributed by atoms with van der Waals surface area (Å²) >= 11 is 0. The van der Waals surface area contributed by atoms with E-state index >= 15 is 0 Å². The predicted molar refractivity (Wildman–Crippen MR) is 59.0 cm³/mol. The summed E-state index contributed by atoms with van der Waals surface area (Å²) in [6.45, 7) is 1.94. The zero-order chi connectivity index (χ0) is 10.6. The monoisotopic (exact) mass is 199 g/mol. The number of aliphatic imine (C=N–C) groups is 1. The second-order valence-corrected chi connectivity index (χ2v) is 4.05. The Labute approximate surface area is 85.9 Å². The maximum Gasteiger partial charge on any atom is 0.208 e. The van der Waals surface area contributed by atoms with Gasteiger partial charge in [0.2, 0.25) is 5.96 Å². The normalized spacial score (nSPS) is 17.4. The molecular formula is C9H21N5. The van der Waals surface area contributed by atoms with Crippen LogP contribution >= 0.6 is 0 Å². The Morgan fingerprint density at radius 1 is 1.36 bits per heavy atom. The van der Waals surface area contributed by atoms with E-state index in [0.717, 1.165) is 19.0 Å². The summed E-state index contributed by atoms with van der Waals surface area (Å²) in [5.74, 6) is 6.22. The highest BCUT2D eigenvalue weighted by Gasteiger charge is 2.21. The third kappa shape index (κ3) is 3.93. The Kier molecular flexibility index (Phi) is 4.16. The van der Waals surface area contributed by atoms with E-state index in [1.54, 1.807) is 0 Å². The number of nitrogens with one attached hydrogen (secondary N) is 1. The van der Waals surface area contributed by atoms with Crippen LogP contribution in [-0.2, 0) is 0 Å². The summed E-state index contributed by atoms with van der Waals surface area (Å²) in [6, 6.07) is 0.503. The van der Waals surface area contributed by atoms with E-state index in [-0.39, 0.29) is 0 Å². The van der Waals surface area contributed by atoms with Crippen LogP contribution in [0.5, 0.6) is 0 Å². The molecule has 0 aliphatic heterocycles. The van der Waals surface area contributed by atoms with Crippen molar-refractivity contribution in [3.63, 3.8) is 0 Å². The molecule has 1 fully saturated rings. The smallest absolute Gasteiger partial charge is 0.208 e. The van der Waals surface area contributed by atoms with E-state index in [9.17, 15) is 0 Å². The fourth-order valence-electron chi connectivity index (χ4n) is 1.08. The lowest BCUT2D eigenvalue weighted by atomic mass is 10.5. The zero-order valence-electron chi connectivity index (χ0n) is 9.32. The third-order valence-corrected chi connectivity index (χ3v) is 2.23. The van der Waals surface area contributed by atoms with Gasteiger partial charge in [-0.1, -0.05) is 0 Å². The lowest BCUT2D eigenvalue weighted by Gasteiger charge is -2.22. The minimum atomic E-state index is 0.503. The van der Waals surface area contributed by atoms with Gasteiger partial charge in [-0.15, -0.1) is 0 Å². The molecule has 0 aromatic carbocycles. The van der Waals surface area contributed by atoms with Gasteiger partial charge in [0.15, 0.2) is 0 Å². The third-order valence-electron chi connectivity index (χ3n) is 2.23. The molecule has 5 heteroatoms. The quantitative estimate of drug-likeness (QED) is 0.276. The van der Waals surface area contributed by atoms with Crippen LogP contribution < -0.4 is 11.3 Å². The molecular weight excluding hydrogens is 178 g/mol. The lowest BCUT2D eigenvalue weighted by Crippen LogP contribution is -2.45. The van der Waals surface area contributed by atoms with Crippen molar-refractivity contribution in [1.29, 1.82) is 0 Å². The van der Waals surface area contributed by atoms with Gasteiger partial charge in [-0.25, -0.2) is 10.8 Å². The fourth-order valence-corrected chi connectivity index (χ4v) is 1.08. The summed E-state index contributed by atoms with van der Waals surface area (Å²) in [6.07, 6.45) is 2.40.